The highest BCUT2D eigenvalue weighted by molar-refractivity contribution is 6.35. The molecule has 32 heavy (non-hydrogen) atoms. The van der Waals surface area contributed by atoms with Crippen LogP contribution in [0.25, 0.3) is 22.6 Å². The van der Waals surface area contributed by atoms with Crippen molar-refractivity contribution in [2.75, 3.05) is 11.9 Å². The monoisotopic (exact) mass is 488 g/mol. The fourth-order valence-corrected chi connectivity index (χ4v) is 4.08. The molecule has 0 aliphatic heterocycles. The lowest BCUT2D eigenvalue weighted by Crippen LogP contribution is -2.20. The number of fused-ring (bicyclic) bond motifs is 1. The molecule has 1 aromatic heterocycles. The smallest absolute Gasteiger partial charge is 0.262 e. The topological polar surface area (TPSA) is 64.4 Å². The van der Waals surface area contributed by atoms with Crippen LogP contribution in [0.5, 0.6) is 5.75 Å². The molecule has 4 rings (SSSR count). The second-order valence-corrected chi connectivity index (χ2v) is 8.49. The molecule has 0 radical (unpaired) electrons. The van der Waals surface area contributed by atoms with E-state index < -0.39 is 0 Å². The van der Waals surface area contributed by atoms with Crippen molar-refractivity contribution in [3.8, 4) is 17.2 Å². The number of aryl methyl sites for hydroxylation is 2. The molecule has 1 N–H and O–H groups in total. The minimum Gasteiger partial charge on any atom is -0.482 e. The lowest BCUT2D eigenvalue weighted by Gasteiger charge is -2.12. The second-order valence-electron chi connectivity index (χ2n) is 7.24. The van der Waals surface area contributed by atoms with Gasteiger partial charge in [0.1, 0.15) is 11.3 Å². The Morgan fingerprint density at radius 1 is 1.06 bits per heavy atom. The van der Waals surface area contributed by atoms with Crippen molar-refractivity contribution in [2.45, 2.75) is 20.3 Å². The maximum atomic E-state index is 12.5. The third-order valence-electron chi connectivity index (χ3n) is 4.89. The number of carbonyl (C=O) groups is 1. The number of hydrogen-bond acceptors (Lipinski definition) is 4. The zero-order chi connectivity index (χ0) is 22.8. The molecule has 0 fully saturated rings. The number of anilines is 1. The van der Waals surface area contributed by atoms with Gasteiger partial charge in [0.2, 0.25) is 5.89 Å². The molecule has 0 unspecified atom stereocenters. The molecule has 8 heteroatoms. The molecule has 0 aliphatic rings. The van der Waals surface area contributed by atoms with Crippen LogP contribution >= 0.6 is 34.8 Å². The maximum absolute atomic E-state index is 12.5. The third-order valence-corrected chi connectivity index (χ3v) is 5.72. The Hall–Kier alpha value is -2.73. The lowest BCUT2D eigenvalue weighted by molar-refractivity contribution is -0.118. The van der Waals surface area contributed by atoms with E-state index in [0.29, 0.717) is 43.5 Å². The summed E-state index contributed by atoms with van der Waals surface area (Å²) in [5.41, 5.74) is 4.50. The van der Waals surface area contributed by atoms with Gasteiger partial charge in [-0.1, -0.05) is 47.8 Å². The number of carbonyl (C=O) groups excluding carboxylic acids is 1. The molecular formula is C24H19Cl3N2O3. The van der Waals surface area contributed by atoms with Crippen LogP contribution in [-0.4, -0.2) is 17.5 Å². The summed E-state index contributed by atoms with van der Waals surface area (Å²) in [5, 5.41) is 3.98. The Bertz CT molecular complexity index is 1290. The molecule has 0 aliphatic carbocycles. The number of nitrogens with one attached hydrogen (secondary N) is 1. The number of benzene rings is 3. The molecule has 0 spiro atoms. The first kappa shape index (κ1) is 22.5. The fourth-order valence-electron chi connectivity index (χ4n) is 3.27. The summed E-state index contributed by atoms with van der Waals surface area (Å²) in [6.45, 7) is 3.64. The summed E-state index contributed by atoms with van der Waals surface area (Å²) < 4.78 is 11.5. The Morgan fingerprint density at radius 3 is 2.62 bits per heavy atom. The second kappa shape index (κ2) is 9.41. The van der Waals surface area contributed by atoms with E-state index in [9.17, 15) is 4.79 Å². The molecule has 3 aromatic carbocycles. The Kier molecular flexibility index (Phi) is 6.60. The first-order chi connectivity index (χ1) is 15.3. The van der Waals surface area contributed by atoms with Crippen LogP contribution in [-0.2, 0) is 11.2 Å². The molecule has 0 saturated carbocycles. The molecule has 1 heterocycles. The van der Waals surface area contributed by atoms with Gasteiger partial charge in [-0.25, -0.2) is 4.98 Å². The number of amides is 1. The summed E-state index contributed by atoms with van der Waals surface area (Å²) in [6, 6.07) is 14.4. The van der Waals surface area contributed by atoms with Crippen LogP contribution in [0, 0.1) is 6.92 Å². The molecule has 0 bridgehead atoms. The number of rotatable bonds is 6. The van der Waals surface area contributed by atoms with Gasteiger partial charge >= 0.3 is 0 Å². The number of ether oxygens (including phenoxy) is 1. The van der Waals surface area contributed by atoms with Gasteiger partial charge in [0.25, 0.3) is 5.91 Å². The standard InChI is InChI=1S/C24H19Cl3N2O3/c1-3-14-4-7-21-20(9-14)29-24(32-21)15-5-6-17(26)19(10-15)28-22(30)12-31-23-13(2)8-16(25)11-18(23)27/h4-11H,3,12H2,1-2H3,(H,28,30). The Morgan fingerprint density at radius 2 is 1.88 bits per heavy atom. The van der Waals surface area contributed by atoms with Crippen LogP contribution in [0.3, 0.4) is 0 Å². The predicted molar refractivity (Wildman–Crippen MR) is 129 cm³/mol. The van der Waals surface area contributed by atoms with Gasteiger partial charge in [-0.15, -0.1) is 0 Å². The Balaban J connectivity index is 1.51. The SMILES string of the molecule is CCc1ccc2oc(-c3ccc(Cl)c(NC(=O)COc4c(C)cc(Cl)cc4Cl)c3)nc2c1. The van der Waals surface area contributed by atoms with Gasteiger partial charge in [0, 0.05) is 10.6 Å². The quantitative estimate of drug-likeness (QED) is 0.308. The van der Waals surface area contributed by atoms with Crippen molar-refractivity contribution in [3.05, 3.63) is 74.7 Å². The number of nitrogens with zero attached hydrogens (tertiary/aromatic N) is 1. The number of oxazole rings is 1. The highest BCUT2D eigenvalue weighted by atomic mass is 35.5. The maximum Gasteiger partial charge on any atom is 0.262 e. The molecule has 1 amide bonds. The summed E-state index contributed by atoms with van der Waals surface area (Å²) in [7, 11) is 0. The highest BCUT2D eigenvalue weighted by Crippen LogP contribution is 2.33. The lowest BCUT2D eigenvalue weighted by atomic mass is 10.1. The van der Waals surface area contributed by atoms with Crippen molar-refractivity contribution >= 4 is 57.5 Å². The average Bonchev–Trinajstić information content (AvgIpc) is 3.17. The highest BCUT2D eigenvalue weighted by Gasteiger charge is 2.14. The fraction of sp³-hybridized carbons (Fsp3) is 0.167. The van der Waals surface area contributed by atoms with Gasteiger partial charge in [0.05, 0.1) is 15.7 Å². The van der Waals surface area contributed by atoms with Gasteiger partial charge in [-0.05, 0) is 66.9 Å². The number of hydrogen-bond donors (Lipinski definition) is 1. The summed E-state index contributed by atoms with van der Waals surface area (Å²) >= 11 is 18.4. The minimum atomic E-state index is -0.389. The number of halogens is 3. The van der Waals surface area contributed by atoms with E-state index >= 15 is 0 Å². The van der Waals surface area contributed by atoms with E-state index in [2.05, 4.69) is 17.2 Å². The van der Waals surface area contributed by atoms with E-state index in [0.717, 1.165) is 17.5 Å². The first-order valence-corrected chi connectivity index (χ1v) is 11.0. The molecule has 0 saturated heterocycles. The van der Waals surface area contributed by atoms with Crippen molar-refractivity contribution < 1.29 is 13.9 Å². The van der Waals surface area contributed by atoms with Gasteiger partial charge < -0.3 is 14.5 Å². The van der Waals surface area contributed by atoms with Gasteiger partial charge in [-0.2, -0.15) is 0 Å². The predicted octanol–water partition coefficient (Wildman–Crippen LogP) is 7.34. The van der Waals surface area contributed by atoms with E-state index in [1.54, 1.807) is 37.3 Å². The third kappa shape index (κ3) is 4.85. The molecule has 0 atom stereocenters. The summed E-state index contributed by atoms with van der Waals surface area (Å²) in [5.74, 6) is 0.462. The largest absolute Gasteiger partial charge is 0.482 e. The van der Waals surface area contributed by atoms with E-state index in [-0.39, 0.29) is 12.5 Å². The first-order valence-electron chi connectivity index (χ1n) is 9.91. The zero-order valence-corrected chi connectivity index (χ0v) is 19.6. The van der Waals surface area contributed by atoms with Crippen LogP contribution in [0.1, 0.15) is 18.1 Å². The zero-order valence-electron chi connectivity index (χ0n) is 17.3. The van der Waals surface area contributed by atoms with E-state index in [4.69, 9.17) is 44.0 Å². The van der Waals surface area contributed by atoms with Crippen molar-refractivity contribution in [1.82, 2.24) is 4.98 Å². The summed E-state index contributed by atoms with van der Waals surface area (Å²) in [6.07, 6.45) is 0.915. The summed E-state index contributed by atoms with van der Waals surface area (Å²) in [4.78, 5) is 17.1. The number of aromatic nitrogens is 1. The molecule has 5 nitrogen and oxygen atoms in total. The van der Waals surface area contributed by atoms with Crippen molar-refractivity contribution in [3.63, 3.8) is 0 Å². The molecule has 164 valence electrons. The van der Waals surface area contributed by atoms with Crippen molar-refractivity contribution in [2.24, 2.45) is 0 Å². The van der Waals surface area contributed by atoms with E-state index in [1.165, 1.54) is 5.56 Å². The van der Waals surface area contributed by atoms with Gasteiger partial charge in [0.15, 0.2) is 12.2 Å². The minimum absolute atomic E-state index is 0.245. The normalized spacial score (nSPS) is 11.0. The van der Waals surface area contributed by atoms with E-state index in [1.807, 2.05) is 18.2 Å². The molecular weight excluding hydrogens is 471 g/mol. The van der Waals surface area contributed by atoms with Crippen LogP contribution in [0.15, 0.2) is 52.9 Å². The average molecular weight is 490 g/mol. The Labute approximate surface area is 200 Å². The van der Waals surface area contributed by atoms with Crippen LogP contribution in [0.4, 0.5) is 5.69 Å². The molecule has 4 aromatic rings. The van der Waals surface area contributed by atoms with Crippen LogP contribution < -0.4 is 10.1 Å². The van der Waals surface area contributed by atoms with Crippen LogP contribution in [0.2, 0.25) is 15.1 Å². The van der Waals surface area contributed by atoms with Crippen molar-refractivity contribution in [1.29, 1.82) is 0 Å². The van der Waals surface area contributed by atoms with Gasteiger partial charge in [-0.3, -0.25) is 4.79 Å².